The molecule has 5 rings (SSSR count). The Bertz CT molecular complexity index is 893. The number of carbonyl (C=O) groups excluding carboxylic acids is 1. The maximum Gasteiger partial charge on any atom is 0.231 e. The molecule has 3 aliphatic rings. The molecule has 164 valence electrons. The van der Waals surface area contributed by atoms with E-state index in [0.717, 1.165) is 63.3 Å². The van der Waals surface area contributed by atoms with Crippen LogP contribution in [0.25, 0.3) is 0 Å². The van der Waals surface area contributed by atoms with Gasteiger partial charge in [0.05, 0.1) is 0 Å². The van der Waals surface area contributed by atoms with Crippen molar-refractivity contribution in [3.8, 4) is 11.5 Å². The number of fused-ring (bicyclic) bond motifs is 1. The van der Waals surface area contributed by atoms with Gasteiger partial charge in [-0.15, -0.1) is 0 Å². The first-order valence-electron chi connectivity index (χ1n) is 11.7. The normalized spacial score (nSPS) is 22.5. The number of likely N-dealkylation sites (tertiary alicyclic amines) is 2. The van der Waals surface area contributed by atoms with Crippen molar-refractivity contribution in [3.63, 3.8) is 0 Å². The SMILES string of the molecule is O=C(c1ccc2c(c1)OCO2)[C@H]1CCCN(C2CCN(CCc3ccccc3)CC2)C1. The van der Waals surface area contributed by atoms with Crippen LogP contribution in [0.15, 0.2) is 48.5 Å². The second-order valence-electron chi connectivity index (χ2n) is 9.07. The summed E-state index contributed by atoms with van der Waals surface area (Å²) in [7, 11) is 0. The van der Waals surface area contributed by atoms with Gasteiger partial charge < -0.3 is 14.4 Å². The second-order valence-corrected chi connectivity index (χ2v) is 9.07. The number of piperidine rings is 2. The number of ketones is 1. The van der Waals surface area contributed by atoms with Crippen molar-refractivity contribution in [2.24, 2.45) is 5.92 Å². The standard InChI is InChI=1S/C26H32N2O3/c29-26(21-8-9-24-25(17-21)31-19-30-24)22-7-4-13-28(18-22)23-11-15-27(16-12-23)14-10-20-5-2-1-3-6-20/h1-3,5-6,8-9,17,22-23H,4,7,10-16,18-19H2/t22-/m0/s1. The molecule has 0 saturated carbocycles. The summed E-state index contributed by atoms with van der Waals surface area (Å²) in [6, 6.07) is 17.0. The van der Waals surface area contributed by atoms with Crippen molar-refractivity contribution in [1.82, 2.24) is 9.80 Å². The summed E-state index contributed by atoms with van der Waals surface area (Å²) in [5, 5.41) is 0. The Balaban J connectivity index is 1.13. The quantitative estimate of drug-likeness (QED) is 0.661. The van der Waals surface area contributed by atoms with Gasteiger partial charge in [-0.3, -0.25) is 9.69 Å². The van der Waals surface area contributed by atoms with Gasteiger partial charge in [-0.25, -0.2) is 0 Å². The third kappa shape index (κ3) is 4.78. The van der Waals surface area contributed by atoms with E-state index in [-0.39, 0.29) is 18.5 Å². The number of Topliss-reactive ketones (excluding diaryl/α,β-unsaturated/α-hetero) is 1. The van der Waals surface area contributed by atoms with Crippen LogP contribution in [-0.4, -0.2) is 61.1 Å². The Kier molecular flexibility index (Phi) is 6.23. The molecule has 0 spiro atoms. The van der Waals surface area contributed by atoms with Crippen molar-refractivity contribution in [2.45, 2.75) is 38.1 Å². The smallest absolute Gasteiger partial charge is 0.231 e. The summed E-state index contributed by atoms with van der Waals surface area (Å²) in [6.07, 6.45) is 5.63. The number of carbonyl (C=O) groups is 1. The Morgan fingerprint density at radius 2 is 1.74 bits per heavy atom. The first-order chi connectivity index (χ1) is 15.3. The molecule has 31 heavy (non-hydrogen) atoms. The van der Waals surface area contributed by atoms with Crippen molar-refractivity contribution in [2.75, 3.05) is 39.5 Å². The fourth-order valence-corrected chi connectivity index (χ4v) is 5.28. The Morgan fingerprint density at radius 1 is 0.935 bits per heavy atom. The van der Waals surface area contributed by atoms with E-state index in [9.17, 15) is 4.79 Å². The van der Waals surface area contributed by atoms with Crippen LogP contribution >= 0.6 is 0 Å². The van der Waals surface area contributed by atoms with E-state index in [1.54, 1.807) is 0 Å². The highest BCUT2D eigenvalue weighted by atomic mass is 16.7. The van der Waals surface area contributed by atoms with E-state index in [0.29, 0.717) is 11.8 Å². The highest BCUT2D eigenvalue weighted by Gasteiger charge is 2.32. The lowest BCUT2D eigenvalue weighted by atomic mass is 9.88. The molecule has 3 heterocycles. The molecule has 0 N–H and O–H groups in total. The average molecular weight is 421 g/mol. The minimum absolute atomic E-state index is 0.0882. The molecule has 3 aliphatic heterocycles. The first-order valence-corrected chi connectivity index (χ1v) is 11.7. The van der Waals surface area contributed by atoms with Crippen LogP contribution in [0.1, 0.15) is 41.6 Å². The van der Waals surface area contributed by atoms with Gasteiger partial charge in [-0.1, -0.05) is 30.3 Å². The largest absolute Gasteiger partial charge is 0.454 e. The number of hydrogen-bond donors (Lipinski definition) is 0. The fraction of sp³-hybridized carbons (Fsp3) is 0.500. The van der Waals surface area contributed by atoms with Gasteiger partial charge >= 0.3 is 0 Å². The molecule has 5 nitrogen and oxygen atoms in total. The summed E-state index contributed by atoms with van der Waals surface area (Å²) in [5.74, 6) is 1.77. The van der Waals surface area contributed by atoms with E-state index in [1.165, 1.54) is 18.4 Å². The van der Waals surface area contributed by atoms with E-state index in [2.05, 4.69) is 40.1 Å². The van der Waals surface area contributed by atoms with E-state index in [4.69, 9.17) is 9.47 Å². The van der Waals surface area contributed by atoms with Crippen molar-refractivity contribution >= 4 is 5.78 Å². The number of nitrogens with zero attached hydrogens (tertiary/aromatic N) is 2. The van der Waals surface area contributed by atoms with E-state index >= 15 is 0 Å². The van der Waals surface area contributed by atoms with Crippen LogP contribution in [0.3, 0.4) is 0 Å². The number of ether oxygens (including phenoxy) is 2. The molecule has 0 unspecified atom stereocenters. The van der Waals surface area contributed by atoms with Gasteiger partial charge in [-0.05, 0) is 75.5 Å². The number of hydrogen-bond acceptors (Lipinski definition) is 5. The lowest BCUT2D eigenvalue weighted by Crippen LogP contribution is -2.49. The summed E-state index contributed by atoms with van der Waals surface area (Å²) in [6.45, 7) is 5.72. The first kappa shape index (κ1) is 20.5. The second kappa shape index (κ2) is 9.41. The van der Waals surface area contributed by atoms with Crippen LogP contribution in [-0.2, 0) is 6.42 Å². The zero-order chi connectivity index (χ0) is 21.0. The molecule has 0 aromatic heterocycles. The minimum atomic E-state index is 0.0882. The van der Waals surface area contributed by atoms with E-state index in [1.807, 2.05) is 18.2 Å². The third-order valence-electron chi connectivity index (χ3n) is 7.11. The fourth-order valence-electron chi connectivity index (χ4n) is 5.28. The summed E-state index contributed by atoms with van der Waals surface area (Å²) < 4.78 is 10.8. The minimum Gasteiger partial charge on any atom is -0.454 e. The Hall–Kier alpha value is -2.37. The highest BCUT2D eigenvalue weighted by Crippen LogP contribution is 2.34. The van der Waals surface area contributed by atoms with Crippen LogP contribution < -0.4 is 9.47 Å². The highest BCUT2D eigenvalue weighted by molar-refractivity contribution is 5.98. The lowest BCUT2D eigenvalue weighted by molar-refractivity contribution is 0.0598. The van der Waals surface area contributed by atoms with Crippen molar-refractivity contribution in [1.29, 1.82) is 0 Å². The van der Waals surface area contributed by atoms with Gasteiger partial charge in [0.25, 0.3) is 0 Å². The van der Waals surface area contributed by atoms with Crippen LogP contribution in [0.4, 0.5) is 0 Å². The predicted octanol–water partition coefficient (Wildman–Crippen LogP) is 4.02. The molecule has 2 aromatic carbocycles. The molecule has 5 heteroatoms. The topological polar surface area (TPSA) is 42.0 Å². The summed E-state index contributed by atoms with van der Waals surface area (Å²) in [4.78, 5) is 18.4. The molecule has 2 aromatic rings. The molecule has 2 saturated heterocycles. The summed E-state index contributed by atoms with van der Waals surface area (Å²) >= 11 is 0. The Morgan fingerprint density at radius 3 is 2.58 bits per heavy atom. The molecule has 0 bridgehead atoms. The van der Waals surface area contributed by atoms with Gasteiger partial charge in [0.15, 0.2) is 17.3 Å². The van der Waals surface area contributed by atoms with Crippen molar-refractivity contribution in [3.05, 3.63) is 59.7 Å². The van der Waals surface area contributed by atoms with Gasteiger partial charge in [0, 0.05) is 30.6 Å². The van der Waals surface area contributed by atoms with Crippen LogP contribution in [0.5, 0.6) is 11.5 Å². The predicted molar refractivity (Wildman–Crippen MR) is 121 cm³/mol. The maximum absolute atomic E-state index is 13.2. The lowest BCUT2D eigenvalue weighted by Gasteiger charge is -2.42. The zero-order valence-electron chi connectivity index (χ0n) is 18.2. The molecular formula is C26H32N2O3. The number of rotatable bonds is 6. The van der Waals surface area contributed by atoms with Crippen LogP contribution in [0.2, 0.25) is 0 Å². The molecule has 2 fully saturated rings. The summed E-state index contributed by atoms with van der Waals surface area (Å²) in [5.41, 5.74) is 2.18. The van der Waals surface area contributed by atoms with Gasteiger partial charge in [0.2, 0.25) is 6.79 Å². The monoisotopic (exact) mass is 420 g/mol. The van der Waals surface area contributed by atoms with Gasteiger partial charge in [-0.2, -0.15) is 0 Å². The molecule has 1 atom stereocenters. The molecule has 0 radical (unpaired) electrons. The third-order valence-corrected chi connectivity index (χ3v) is 7.11. The average Bonchev–Trinajstić information content (AvgIpc) is 3.31. The maximum atomic E-state index is 13.2. The zero-order valence-corrected chi connectivity index (χ0v) is 18.2. The number of benzene rings is 2. The Labute approximate surface area is 184 Å². The van der Waals surface area contributed by atoms with Crippen molar-refractivity contribution < 1.29 is 14.3 Å². The molecule has 0 amide bonds. The van der Waals surface area contributed by atoms with E-state index < -0.39 is 0 Å². The molecular weight excluding hydrogens is 388 g/mol. The van der Waals surface area contributed by atoms with Crippen LogP contribution in [0, 0.1) is 5.92 Å². The molecule has 0 aliphatic carbocycles. The van der Waals surface area contributed by atoms with Gasteiger partial charge in [0.1, 0.15) is 0 Å².